The molecule has 142 valence electrons. The van der Waals surface area contributed by atoms with Crippen molar-refractivity contribution in [2.75, 3.05) is 5.32 Å². The van der Waals surface area contributed by atoms with E-state index in [1.54, 1.807) is 22.7 Å². The molecule has 0 aliphatic carbocycles. The number of pyridine rings is 1. The van der Waals surface area contributed by atoms with E-state index in [1.165, 1.54) is 16.2 Å². The quantitative estimate of drug-likeness (QED) is 0.343. The highest BCUT2D eigenvalue weighted by atomic mass is 32.1. The molecular weight excluding hydrogens is 418 g/mol. The molecular formula is C22H15N3OS3. The van der Waals surface area contributed by atoms with Crippen molar-refractivity contribution in [2.45, 2.75) is 6.92 Å². The van der Waals surface area contributed by atoms with Gasteiger partial charge < -0.3 is 0 Å². The lowest BCUT2D eigenvalue weighted by molar-refractivity contribution is 0.102. The molecule has 7 heteroatoms. The molecule has 4 nitrogen and oxygen atoms in total. The number of aryl methyl sites for hydroxylation is 1. The van der Waals surface area contributed by atoms with E-state index in [4.69, 9.17) is 4.98 Å². The smallest absolute Gasteiger partial charge is 0.258 e. The summed E-state index contributed by atoms with van der Waals surface area (Å²) in [7, 11) is 0. The number of thiazole rings is 1. The van der Waals surface area contributed by atoms with Crippen LogP contribution < -0.4 is 5.32 Å². The number of thiophene rings is 2. The van der Waals surface area contributed by atoms with E-state index in [2.05, 4.69) is 23.3 Å². The summed E-state index contributed by atoms with van der Waals surface area (Å²) in [5, 5.41) is 8.37. The predicted molar refractivity (Wildman–Crippen MR) is 123 cm³/mol. The maximum Gasteiger partial charge on any atom is 0.258 e. The summed E-state index contributed by atoms with van der Waals surface area (Å²) in [6, 6.07) is 17.7. The van der Waals surface area contributed by atoms with Crippen molar-refractivity contribution in [2.24, 2.45) is 0 Å². The zero-order valence-electron chi connectivity index (χ0n) is 15.4. The first-order valence-electron chi connectivity index (χ1n) is 8.95. The van der Waals surface area contributed by atoms with E-state index in [-0.39, 0.29) is 5.91 Å². The fourth-order valence-corrected chi connectivity index (χ4v) is 5.39. The van der Waals surface area contributed by atoms with Crippen LogP contribution in [0.2, 0.25) is 0 Å². The summed E-state index contributed by atoms with van der Waals surface area (Å²) in [4.78, 5) is 25.8. The number of carbonyl (C=O) groups excluding carboxylic acids is 1. The van der Waals surface area contributed by atoms with Crippen molar-refractivity contribution in [1.82, 2.24) is 9.97 Å². The zero-order chi connectivity index (χ0) is 19.8. The van der Waals surface area contributed by atoms with Crippen molar-refractivity contribution in [3.8, 4) is 21.1 Å². The van der Waals surface area contributed by atoms with Gasteiger partial charge in [0.05, 0.1) is 32.2 Å². The summed E-state index contributed by atoms with van der Waals surface area (Å²) >= 11 is 4.73. The minimum absolute atomic E-state index is 0.176. The van der Waals surface area contributed by atoms with Crippen molar-refractivity contribution < 1.29 is 4.79 Å². The van der Waals surface area contributed by atoms with E-state index >= 15 is 0 Å². The Kier molecular flexibility index (Phi) is 4.71. The molecule has 0 atom stereocenters. The molecule has 5 aromatic rings. The Morgan fingerprint density at radius 3 is 2.62 bits per heavy atom. The number of aromatic nitrogens is 2. The average molecular weight is 434 g/mol. The van der Waals surface area contributed by atoms with E-state index in [0.717, 1.165) is 32.0 Å². The molecule has 0 bridgehead atoms. The Hall–Kier alpha value is -2.87. The van der Waals surface area contributed by atoms with Gasteiger partial charge in [0, 0.05) is 15.6 Å². The first-order chi connectivity index (χ1) is 14.2. The van der Waals surface area contributed by atoms with Gasteiger partial charge in [-0.25, -0.2) is 9.97 Å². The summed E-state index contributed by atoms with van der Waals surface area (Å²) in [6.07, 6.45) is 0. The Labute approximate surface area is 179 Å². The number of amides is 1. The predicted octanol–water partition coefficient (Wildman–Crippen LogP) is 6.71. The summed E-state index contributed by atoms with van der Waals surface area (Å²) < 4.78 is 0. The Bertz CT molecular complexity index is 1320. The number of rotatable bonds is 4. The lowest BCUT2D eigenvalue weighted by Gasteiger charge is -2.08. The van der Waals surface area contributed by atoms with Crippen LogP contribution in [0.3, 0.4) is 0 Å². The first kappa shape index (κ1) is 18.2. The SMILES string of the molecule is Cc1ccc(-c2cc(C(=O)Nc3nc(-c4cccs4)cs3)c3ccccc3n2)s1. The van der Waals surface area contributed by atoms with E-state index in [0.29, 0.717) is 10.7 Å². The Balaban J connectivity index is 1.52. The van der Waals surface area contributed by atoms with Gasteiger partial charge in [-0.1, -0.05) is 24.3 Å². The second-order valence-corrected chi connectivity index (χ2v) is 9.55. The van der Waals surface area contributed by atoms with E-state index in [9.17, 15) is 4.79 Å². The van der Waals surface area contributed by atoms with Gasteiger partial charge in [-0.2, -0.15) is 0 Å². The summed E-state index contributed by atoms with van der Waals surface area (Å²) in [5.74, 6) is -0.176. The number of carbonyl (C=O) groups is 1. The maximum atomic E-state index is 13.1. The van der Waals surface area contributed by atoms with E-state index < -0.39 is 0 Å². The van der Waals surface area contributed by atoms with Gasteiger partial charge in [-0.05, 0) is 42.6 Å². The summed E-state index contributed by atoms with van der Waals surface area (Å²) in [6.45, 7) is 2.07. The number of nitrogens with zero attached hydrogens (tertiary/aromatic N) is 2. The fourth-order valence-electron chi connectivity index (χ4n) is 3.09. The van der Waals surface area contributed by atoms with Crippen LogP contribution in [0.5, 0.6) is 0 Å². The highest BCUT2D eigenvalue weighted by Crippen LogP contribution is 2.31. The Morgan fingerprint density at radius 2 is 1.83 bits per heavy atom. The molecule has 1 N–H and O–H groups in total. The highest BCUT2D eigenvalue weighted by molar-refractivity contribution is 7.16. The van der Waals surface area contributed by atoms with Crippen LogP contribution in [0.4, 0.5) is 5.13 Å². The number of benzene rings is 1. The number of anilines is 1. The molecule has 0 radical (unpaired) electrons. The van der Waals surface area contributed by atoms with Crippen LogP contribution in [0.1, 0.15) is 15.2 Å². The molecule has 1 aromatic carbocycles. The molecule has 0 unspecified atom stereocenters. The zero-order valence-corrected chi connectivity index (χ0v) is 17.8. The minimum atomic E-state index is -0.176. The van der Waals surface area contributed by atoms with Crippen LogP contribution in [-0.2, 0) is 0 Å². The van der Waals surface area contributed by atoms with Crippen LogP contribution in [0.25, 0.3) is 32.0 Å². The molecule has 29 heavy (non-hydrogen) atoms. The third-order valence-corrected chi connectivity index (χ3v) is 7.13. The molecule has 0 aliphatic rings. The maximum absolute atomic E-state index is 13.1. The number of hydrogen-bond donors (Lipinski definition) is 1. The second kappa shape index (κ2) is 7.51. The third-order valence-electron chi connectivity index (χ3n) is 4.45. The molecule has 0 fully saturated rings. The van der Waals surface area contributed by atoms with Gasteiger partial charge in [0.25, 0.3) is 5.91 Å². The number of para-hydroxylation sites is 1. The standard InChI is InChI=1S/C22H15N3OS3/c1-13-8-9-20(29-13)17-11-15(14-5-2-3-6-16(14)23-17)21(26)25-22-24-18(12-28-22)19-7-4-10-27-19/h2-12H,1H3,(H,24,25,26). The summed E-state index contributed by atoms with van der Waals surface area (Å²) in [5.41, 5.74) is 3.10. The van der Waals surface area contributed by atoms with Gasteiger partial charge >= 0.3 is 0 Å². The molecule has 5 rings (SSSR count). The molecule has 0 saturated carbocycles. The molecule has 4 aromatic heterocycles. The average Bonchev–Trinajstić information content (AvgIpc) is 3.48. The number of fused-ring (bicyclic) bond motifs is 1. The van der Waals surface area contributed by atoms with Gasteiger partial charge in [-0.15, -0.1) is 34.0 Å². The Morgan fingerprint density at radius 1 is 0.931 bits per heavy atom. The van der Waals surface area contributed by atoms with E-state index in [1.807, 2.05) is 59.3 Å². The molecule has 0 spiro atoms. The van der Waals surface area contributed by atoms with Crippen molar-refractivity contribution in [1.29, 1.82) is 0 Å². The van der Waals surface area contributed by atoms with Crippen molar-refractivity contribution >= 4 is 56.0 Å². The normalized spacial score (nSPS) is 11.1. The molecule has 0 aliphatic heterocycles. The highest BCUT2D eigenvalue weighted by Gasteiger charge is 2.16. The largest absolute Gasteiger partial charge is 0.298 e. The van der Waals surface area contributed by atoms with Crippen LogP contribution in [0.15, 0.2) is 65.4 Å². The third kappa shape index (κ3) is 3.60. The first-order valence-corrected chi connectivity index (χ1v) is 11.5. The monoisotopic (exact) mass is 433 g/mol. The van der Waals surface area contributed by atoms with Gasteiger partial charge in [0.1, 0.15) is 0 Å². The number of nitrogens with one attached hydrogen (secondary N) is 1. The van der Waals surface area contributed by atoms with Crippen LogP contribution >= 0.6 is 34.0 Å². The van der Waals surface area contributed by atoms with Crippen molar-refractivity contribution in [3.05, 3.63) is 75.8 Å². The minimum Gasteiger partial charge on any atom is -0.298 e. The van der Waals surface area contributed by atoms with Gasteiger partial charge in [0.15, 0.2) is 5.13 Å². The lowest BCUT2D eigenvalue weighted by Crippen LogP contribution is -2.13. The van der Waals surface area contributed by atoms with Gasteiger partial charge in [-0.3, -0.25) is 10.1 Å². The topological polar surface area (TPSA) is 54.9 Å². The fraction of sp³-hybridized carbons (Fsp3) is 0.0455. The number of hydrogen-bond acceptors (Lipinski definition) is 6. The van der Waals surface area contributed by atoms with Crippen molar-refractivity contribution in [3.63, 3.8) is 0 Å². The lowest BCUT2D eigenvalue weighted by atomic mass is 10.1. The van der Waals surface area contributed by atoms with Gasteiger partial charge in [0.2, 0.25) is 0 Å². The molecule has 1 amide bonds. The van der Waals surface area contributed by atoms with Crippen LogP contribution in [-0.4, -0.2) is 15.9 Å². The van der Waals surface area contributed by atoms with Crippen LogP contribution in [0, 0.1) is 6.92 Å². The second-order valence-electron chi connectivity index (χ2n) is 6.45. The molecule has 0 saturated heterocycles. The molecule has 4 heterocycles.